The fraction of sp³-hybridized carbons (Fsp3) is 0.200. The van der Waals surface area contributed by atoms with E-state index in [9.17, 15) is 4.39 Å². The number of halogens is 1. The van der Waals surface area contributed by atoms with Gasteiger partial charge >= 0.3 is 0 Å². The Labute approximate surface area is 172 Å². The molecule has 2 aromatic heterocycles. The van der Waals surface area contributed by atoms with Gasteiger partial charge in [-0.05, 0) is 55.5 Å². The lowest BCUT2D eigenvalue weighted by atomic mass is 10.1. The van der Waals surface area contributed by atoms with E-state index >= 15 is 0 Å². The van der Waals surface area contributed by atoms with E-state index in [0.29, 0.717) is 18.1 Å². The van der Waals surface area contributed by atoms with Crippen LogP contribution in [0.4, 0.5) is 4.39 Å². The first-order chi connectivity index (χ1) is 14.0. The third-order valence-corrected chi connectivity index (χ3v) is 5.21. The van der Waals surface area contributed by atoms with E-state index in [1.165, 1.54) is 28.9 Å². The van der Waals surface area contributed by atoms with Crippen molar-refractivity contribution in [2.45, 2.75) is 19.6 Å². The molecule has 0 aliphatic rings. The molecule has 0 spiro atoms. The first-order valence-electron chi connectivity index (χ1n) is 9.12. The Kier molecular flexibility index (Phi) is 5.32. The summed E-state index contributed by atoms with van der Waals surface area (Å²) < 4.78 is 22.1. The third kappa shape index (κ3) is 4.15. The van der Waals surface area contributed by atoms with E-state index in [2.05, 4.69) is 41.3 Å². The number of rotatable bonds is 6. The minimum Gasteiger partial charge on any atom is -0.409 e. The van der Waals surface area contributed by atoms with Gasteiger partial charge in [-0.3, -0.25) is 0 Å². The molecule has 29 heavy (non-hydrogen) atoms. The fourth-order valence-corrected chi connectivity index (χ4v) is 3.21. The van der Waals surface area contributed by atoms with E-state index in [1.54, 1.807) is 27.8 Å². The molecule has 2 atom stereocenters. The van der Waals surface area contributed by atoms with Crippen molar-refractivity contribution in [1.82, 2.24) is 24.5 Å². The van der Waals surface area contributed by atoms with Crippen LogP contribution in [-0.2, 0) is 6.67 Å². The summed E-state index contributed by atoms with van der Waals surface area (Å²) >= 11 is 5.31. The highest BCUT2D eigenvalue weighted by molar-refractivity contribution is 7.71. The van der Waals surface area contributed by atoms with E-state index in [4.69, 9.17) is 16.6 Å². The van der Waals surface area contributed by atoms with E-state index in [1.807, 2.05) is 12.1 Å². The van der Waals surface area contributed by atoms with Crippen molar-refractivity contribution in [1.29, 1.82) is 0 Å². The van der Waals surface area contributed by atoms with Gasteiger partial charge < -0.3 is 9.32 Å². The van der Waals surface area contributed by atoms with Crippen molar-refractivity contribution in [3.05, 3.63) is 77.4 Å². The molecule has 9 heteroatoms. The molecule has 4 rings (SSSR count). The predicted octanol–water partition coefficient (Wildman–Crippen LogP) is 2.83. The van der Waals surface area contributed by atoms with Gasteiger partial charge in [0, 0.05) is 11.1 Å². The molecule has 0 aliphatic heterocycles. The maximum absolute atomic E-state index is 13.1. The monoisotopic (exact) mass is 411 g/mol. The lowest BCUT2D eigenvalue weighted by molar-refractivity contribution is -0.933. The van der Waals surface area contributed by atoms with Crippen LogP contribution < -0.4 is 4.90 Å². The standard InChI is InChI=1S/C20H19FN6OS/c1-14(15-5-9-18(10-6-15)26-12-22-11-23-26)25(2)13-27-20(29)28-19(24-27)16-3-7-17(21)8-4-16/h3-12,14H,13H2,1-2H3/p+1/t14-/m1/s1. The van der Waals surface area contributed by atoms with Gasteiger partial charge in [-0.1, -0.05) is 12.1 Å². The van der Waals surface area contributed by atoms with Crippen LogP contribution in [0.2, 0.25) is 0 Å². The first-order valence-corrected chi connectivity index (χ1v) is 9.53. The van der Waals surface area contributed by atoms with E-state index < -0.39 is 0 Å². The molecule has 2 heterocycles. The van der Waals surface area contributed by atoms with Gasteiger partial charge in [0.15, 0.2) is 6.67 Å². The number of hydrogen-bond acceptors (Lipinski definition) is 5. The zero-order valence-electron chi connectivity index (χ0n) is 16.0. The topological polar surface area (TPSA) is 66.1 Å². The van der Waals surface area contributed by atoms with Gasteiger partial charge in [-0.2, -0.15) is 9.78 Å². The Balaban J connectivity index is 1.48. The highest BCUT2D eigenvalue weighted by Crippen LogP contribution is 2.18. The first kappa shape index (κ1) is 19.2. The number of nitrogens with zero attached hydrogens (tertiary/aromatic N) is 5. The molecule has 2 aromatic carbocycles. The third-order valence-electron chi connectivity index (χ3n) is 4.91. The number of benzene rings is 2. The second-order valence-electron chi connectivity index (χ2n) is 6.84. The second kappa shape index (κ2) is 8.06. The smallest absolute Gasteiger partial charge is 0.292 e. The molecule has 0 radical (unpaired) electrons. The Morgan fingerprint density at radius 2 is 1.86 bits per heavy atom. The summed E-state index contributed by atoms with van der Waals surface area (Å²) in [6, 6.07) is 14.4. The van der Waals surface area contributed by atoms with Gasteiger partial charge in [-0.15, -0.1) is 5.10 Å². The van der Waals surface area contributed by atoms with Crippen LogP contribution in [0.15, 0.2) is 65.6 Å². The highest BCUT2D eigenvalue weighted by Gasteiger charge is 2.18. The average Bonchev–Trinajstić information content (AvgIpc) is 3.39. The summed E-state index contributed by atoms with van der Waals surface area (Å²) in [6.07, 6.45) is 3.18. The Bertz CT molecular complexity index is 1140. The number of nitrogens with one attached hydrogen (secondary N) is 1. The second-order valence-corrected chi connectivity index (χ2v) is 7.19. The molecule has 1 N–H and O–H groups in total. The van der Waals surface area contributed by atoms with Crippen LogP contribution in [0.5, 0.6) is 0 Å². The van der Waals surface area contributed by atoms with Crippen molar-refractivity contribution in [3.8, 4) is 17.1 Å². The molecule has 0 saturated carbocycles. The average molecular weight is 411 g/mol. The summed E-state index contributed by atoms with van der Waals surface area (Å²) in [5, 5.41) is 8.60. The maximum atomic E-state index is 13.1. The van der Waals surface area contributed by atoms with Crippen molar-refractivity contribution < 1.29 is 13.7 Å². The van der Waals surface area contributed by atoms with Crippen LogP contribution in [0.3, 0.4) is 0 Å². The van der Waals surface area contributed by atoms with Crippen LogP contribution in [0.1, 0.15) is 18.5 Å². The Morgan fingerprint density at radius 3 is 2.52 bits per heavy atom. The number of hydrogen-bond donors (Lipinski definition) is 1. The molecule has 7 nitrogen and oxygen atoms in total. The summed E-state index contributed by atoms with van der Waals surface area (Å²) in [5.41, 5.74) is 2.82. The van der Waals surface area contributed by atoms with Crippen LogP contribution >= 0.6 is 12.2 Å². The van der Waals surface area contributed by atoms with Crippen LogP contribution in [0, 0.1) is 10.7 Å². The summed E-state index contributed by atoms with van der Waals surface area (Å²) in [7, 11) is 2.07. The molecule has 0 amide bonds. The molecule has 0 bridgehead atoms. The zero-order chi connectivity index (χ0) is 20.4. The maximum Gasteiger partial charge on any atom is 0.292 e. The zero-order valence-corrected chi connectivity index (χ0v) is 16.8. The van der Waals surface area contributed by atoms with Crippen molar-refractivity contribution in [2.75, 3.05) is 7.05 Å². The molecular formula is C20H20FN6OS+. The van der Waals surface area contributed by atoms with Crippen LogP contribution in [0.25, 0.3) is 17.1 Å². The molecule has 0 saturated heterocycles. The van der Waals surface area contributed by atoms with Crippen molar-refractivity contribution in [3.63, 3.8) is 0 Å². The van der Waals surface area contributed by atoms with Gasteiger partial charge in [0.1, 0.15) is 24.5 Å². The van der Waals surface area contributed by atoms with Gasteiger partial charge in [0.25, 0.3) is 4.84 Å². The van der Waals surface area contributed by atoms with E-state index in [0.717, 1.165) is 5.69 Å². The molecule has 4 aromatic rings. The molecule has 148 valence electrons. The normalized spacial score (nSPS) is 13.3. The fourth-order valence-electron chi connectivity index (χ4n) is 3.03. The Hall–Kier alpha value is -3.17. The molecular weight excluding hydrogens is 391 g/mol. The molecule has 1 unspecified atom stereocenters. The quantitative estimate of drug-likeness (QED) is 0.494. The van der Waals surface area contributed by atoms with Crippen molar-refractivity contribution >= 4 is 12.2 Å². The highest BCUT2D eigenvalue weighted by atomic mass is 32.1. The van der Waals surface area contributed by atoms with Gasteiger partial charge in [0.2, 0.25) is 5.89 Å². The lowest BCUT2D eigenvalue weighted by Gasteiger charge is -2.21. The predicted molar refractivity (Wildman–Crippen MR) is 107 cm³/mol. The molecule has 0 aliphatic carbocycles. The van der Waals surface area contributed by atoms with Gasteiger partial charge in [0.05, 0.1) is 12.7 Å². The minimum atomic E-state index is -0.306. The van der Waals surface area contributed by atoms with E-state index in [-0.39, 0.29) is 16.7 Å². The summed E-state index contributed by atoms with van der Waals surface area (Å²) in [6.45, 7) is 2.68. The number of quaternary nitrogens is 1. The summed E-state index contributed by atoms with van der Waals surface area (Å²) in [4.78, 5) is 5.45. The van der Waals surface area contributed by atoms with Crippen molar-refractivity contribution in [2.24, 2.45) is 0 Å². The largest absolute Gasteiger partial charge is 0.409 e. The van der Waals surface area contributed by atoms with Gasteiger partial charge in [-0.25, -0.2) is 14.1 Å². The lowest BCUT2D eigenvalue weighted by Crippen LogP contribution is -3.08. The minimum absolute atomic E-state index is 0.202. The number of aromatic nitrogens is 5. The van der Waals surface area contributed by atoms with Crippen LogP contribution in [-0.4, -0.2) is 31.6 Å². The Morgan fingerprint density at radius 1 is 1.14 bits per heavy atom. The molecule has 0 fully saturated rings. The summed E-state index contributed by atoms with van der Waals surface area (Å²) in [5.74, 6) is 0.0762. The SMILES string of the molecule is C[C@H](c1ccc(-n2cncn2)cc1)[NH+](C)Cn1nc(-c2ccc(F)cc2)oc1=S.